The van der Waals surface area contributed by atoms with Gasteiger partial charge in [0.15, 0.2) is 0 Å². The predicted octanol–water partition coefficient (Wildman–Crippen LogP) is 1.77. The van der Waals surface area contributed by atoms with E-state index in [4.69, 9.17) is 9.84 Å². The van der Waals surface area contributed by atoms with Crippen LogP contribution in [0.5, 0.6) is 0 Å². The van der Waals surface area contributed by atoms with E-state index in [1.807, 2.05) is 22.4 Å². The maximum atomic E-state index is 12.1. The third kappa shape index (κ3) is 4.61. The molecule has 6 heteroatoms. The number of aryl methyl sites for hydroxylation is 1. The molecule has 0 bridgehead atoms. The molecular formula is C14H19NO4S. The van der Waals surface area contributed by atoms with Crippen LogP contribution >= 0.6 is 11.3 Å². The van der Waals surface area contributed by atoms with Gasteiger partial charge in [-0.05, 0) is 30.7 Å². The molecule has 0 aliphatic carbocycles. The van der Waals surface area contributed by atoms with Gasteiger partial charge in [-0.1, -0.05) is 6.07 Å². The van der Waals surface area contributed by atoms with E-state index < -0.39 is 5.97 Å². The Kier molecular flexibility index (Phi) is 5.55. The number of carboxylic acid groups (broad SMARTS) is 1. The van der Waals surface area contributed by atoms with Gasteiger partial charge in [-0.25, -0.2) is 4.79 Å². The SMILES string of the molecule is O=C(O)COC1CCN(C(=O)CCc2cccs2)CC1. The van der Waals surface area contributed by atoms with Crippen molar-refractivity contribution in [2.45, 2.75) is 31.8 Å². The molecule has 0 radical (unpaired) electrons. The van der Waals surface area contributed by atoms with Crippen LogP contribution in [0.3, 0.4) is 0 Å². The number of piperidine rings is 1. The predicted molar refractivity (Wildman–Crippen MR) is 75.8 cm³/mol. The molecule has 110 valence electrons. The van der Waals surface area contributed by atoms with Gasteiger partial charge in [0.1, 0.15) is 6.61 Å². The van der Waals surface area contributed by atoms with Crippen LogP contribution in [-0.4, -0.2) is 47.7 Å². The van der Waals surface area contributed by atoms with Gasteiger partial charge in [-0.2, -0.15) is 0 Å². The molecule has 0 unspecified atom stereocenters. The van der Waals surface area contributed by atoms with Crippen molar-refractivity contribution in [3.63, 3.8) is 0 Å². The summed E-state index contributed by atoms with van der Waals surface area (Å²) in [4.78, 5) is 25.6. The van der Waals surface area contributed by atoms with Gasteiger partial charge in [0.25, 0.3) is 0 Å². The monoisotopic (exact) mass is 297 g/mol. The molecule has 1 amide bonds. The van der Waals surface area contributed by atoms with Gasteiger partial charge >= 0.3 is 5.97 Å². The fourth-order valence-electron chi connectivity index (χ4n) is 2.30. The summed E-state index contributed by atoms with van der Waals surface area (Å²) in [6.07, 6.45) is 2.75. The standard InChI is InChI=1S/C14H19NO4S/c16-13(4-3-12-2-1-9-20-12)15-7-5-11(6-8-15)19-10-14(17)18/h1-2,9,11H,3-8,10H2,(H,17,18). The fourth-order valence-corrected chi connectivity index (χ4v) is 3.01. The zero-order valence-corrected chi connectivity index (χ0v) is 12.1. The van der Waals surface area contributed by atoms with Crippen LogP contribution in [0.15, 0.2) is 17.5 Å². The molecule has 1 aromatic heterocycles. The normalized spacial score (nSPS) is 16.3. The molecule has 1 aliphatic heterocycles. The minimum Gasteiger partial charge on any atom is -0.480 e. The molecule has 1 N–H and O–H groups in total. The summed E-state index contributed by atoms with van der Waals surface area (Å²) < 4.78 is 5.26. The van der Waals surface area contributed by atoms with Gasteiger partial charge in [-0.15, -0.1) is 11.3 Å². The number of carboxylic acids is 1. The van der Waals surface area contributed by atoms with Crippen LogP contribution < -0.4 is 0 Å². The van der Waals surface area contributed by atoms with E-state index in [1.54, 1.807) is 11.3 Å². The third-order valence-corrected chi connectivity index (χ3v) is 4.34. The smallest absolute Gasteiger partial charge is 0.329 e. The number of thiophene rings is 1. The van der Waals surface area contributed by atoms with Crippen molar-refractivity contribution in [2.24, 2.45) is 0 Å². The average molecular weight is 297 g/mol. The van der Waals surface area contributed by atoms with E-state index in [0.29, 0.717) is 19.5 Å². The van der Waals surface area contributed by atoms with E-state index in [1.165, 1.54) is 4.88 Å². The van der Waals surface area contributed by atoms with Gasteiger partial charge in [0.05, 0.1) is 6.10 Å². The van der Waals surface area contributed by atoms with Crippen LogP contribution in [0.1, 0.15) is 24.1 Å². The number of likely N-dealkylation sites (tertiary alicyclic amines) is 1. The molecule has 5 nitrogen and oxygen atoms in total. The quantitative estimate of drug-likeness (QED) is 0.869. The number of hydrogen-bond donors (Lipinski definition) is 1. The summed E-state index contributed by atoms with van der Waals surface area (Å²) in [7, 11) is 0. The van der Waals surface area contributed by atoms with E-state index >= 15 is 0 Å². The van der Waals surface area contributed by atoms with Crippen molar-refractivity contribution in [3.8, 4) is 0 Å². The van der Waals surface area contributed by atoms with E-state index in [-0.39, 0.29) is 18.6 Å². The molecule has 1 aromatic rings. The largest absolute Gasteiger partial charge is 0.480 e. The summed E-state index contributed by atoms with van der Waals surface area (Å²) in [5.74, 6) is -0.769. The summed E-state index contributed by atoms with van der Waals surface area (Å²) in [5.41, 5.74) is 0. The molecule has 20 heavy (non-hydrogen) atoms. The second-order valence-corrected chi connectivity index (χ2v) is 5.90. The Hall–Kier alpha value is -1.40. The fraction of sp³-hybridized carbons (Fsp3) is 0.571. The Balaban J connectivity index is 1.67. The Morgan fingerprint density at radius 2 is 2.15 bits per heavy atom. The van der Waals surface area contributed by atoms with E-state index in [2.05, 4.69) is 0 Å². The summed E-state index contributed by atoms with van der Waals surface area (Å²) in [6, 6.07) is 4.04. The molecular weight excluding hydrogens is 278 g/mol. The van der Waals surface area contributed by atoms with Crippen molar-refractivity contribution >= 4 is 23.2 Å². The zero-order valence-electron chi connectivity index (χ0n) is 11.3. The Labute approximate surface area is 122 Å². The number of amides is 1. The minimum atomic E-state index is -0.945. The van der Waals surface area contributed by atoms with E-state index in [9.17, 15) is 9.59 Å². The number of carbonyl (C=O) groups excluding carboxylic acids is 1. The van der Waals surface area contributed by atoms with Crippen LogP contribution in [0, 0.1) is 0 Å². The average Bonchev–Trinajstić information content (AvgIpc) is 2.96. The zero-order chi connectivity index (χ0) is 14.4. The second-order valence-electron chi connectivity index (χ2n) is 4.86. The first-order valence-electron chi connectivity index (χ1n) is 6.78. The Morgan fingerprint density at radius 1 is 1.40 bits per heavy atom. The molecule has 0 saturated carbocycles. The maximum absolute atomic E-state index is 12.1. The first kappa shape index (κ1) is 15.0. The van der Waals surface area contributed by atoms with Gasteiger partial charge in [0, 0.05) is 24.4 Å². The lowest BCUT2D eigenvalue weighted by atomic mass is 10.1. The third-order valence-electron chi connectivity index (χ3n) is 3.40. The Morgan fingerprint density at radius 3 is 2.75 bits per heavy atom. The minimum absolute atomic E-state index is 0.0348. The van der Waals surface area contributed by atoms with Crippen LogP contribution in [0.2, 0.25) is 0 Å². The number of ether oxygens (including phenoxy) is 1. The molecule has 1 saturated heterocycles. The lowest BCUT2D eigenvalue weighted by molar-refractivity contribution is -0.146. The van der Waals surface area contributed by atoms with Crippen LogP contribution in [0.25, 0.3) is 0 Å². The number of hydrogen-bond acceptors (Lipinski definition) is 4. The maximum Gasteiger partial charge on any atom is 0.329 e. The molecule has 0 aromatic carbocycles. The van der Waals surface area contributed by atoms with Crippen molar-refractivity contribution in [1.82, 2.24) is 4.90 Å². The molecule has 0 atom stereocenters. The van der Waals surface area contributed by atoms with Crippen molar-refractivity contribution in [2.75, 3.05) is 19.7 Å². The number of nitrogens with zero attached hydrogens (tertiary/aromatic N) is 1. The molecule has 1 fully saturated rings. The highest BCUT2D eigenvalue weighted by Gasteiger charge is 2.23. The van der Waals surface area contributed by atoms with Gasteiger partial charge in [-0.3, -0.25) is 4.79 Å². The Bertz CT molecular complexity index is 438. The second kappa shape index (κ2) is 7.40. The molecule has 2 rings (SSSR count). The van der Waals surface area contributed by atoms with Gasteiger partial charge < -0.3 is 14.7 Å². The highest BCUT2D eigenvalue weighted by atomic mass is 32.1. The van der Waals surface area contributed by atoms with E-state index in [0.717, 1.165) is 19.3 Å². The number of rotatable bonds is 6. The lowest BCUT2D eigenvalue weighted by Gasteiger charge is -2.31. The number of carbonyl (C=O) groups is 2. The molecule has 2 heterocycles. The summed E-state index contributed by atoms with van der Waals surface area (Å²) >= 11 is 1.67. The summed E-state index contributed by atoms with van der Waals surface area (Å²) in [5, 5.41) is 10.6. The highest BCUT2D eigenvalue weighted by molar-refractivity contribution is 7.09. The molecule has 0 spiro atoms. The van der Waals surface area contributed by atoms with Gasteiger partial charge in [0.2, 0.25) is 5.91 Å². The van der Waals surface area contributed by atoms with Crippen LogP contribution in [-0.2, 0) is 20.7 Å². The van der Waals surface area contributed by atoms with Crippen LogP contribution in [0.4, 0.5) is 0 Å². The topological polar surface area (TPSA) is 66.8 Å². The molecule has 1 aliphatic rings. The number of aliphatic carboxylic acids is 1. The van der Waals surface area contributed by atoms with Crippen molar-refractivity contribution in [1.29, 1.82) is 0 Å². The lowest BCUT2D eigenvalue weighted by Crippen LogP contribution is -2.41. The van der Waals surface area contributed by atoms with Crippen molar-refractivity contribution in [3.05, 3.63) is 22.4 Å². The summed E-state index contributed by atoms with van der Waals surface area (Å²) in [6.45, 7) is 1.07. The first-order chi connectivity index (χ1) is 9.65. The first-order valence-corrected chi connectivity index (χ1v) is 7.66. The van der Waals surface area contributed by atoms with Crippen molar-refractivity contribution < 1.29 is 19.4 Å². The highest BCUT2D eigenvalue weighted by Crippen LogP contribution is 2.16.